The Morgan fingerprint density at radius 2 is 1.74 bits per heavy atom. The normalized spacial score (nSPS) is 8.17. The third-order valence-electron chi connectivity index (χ3n) is 2.06. The Balaban J connectivity index is -0.000000426. The van der Waals surface area contributed by atoms with E-state index in [1.807, 2.05) is 33.8 Å². The molecule has 1 N–H and O–H groups in total. The van der Waals surface area contributed by atoms with Crippen LogP contribution in [0.15, 0.2) is 18.2 Å². The summed E-state index contributed by atoms with van der Waals surface area (Å²) < 4.78 is 13.1. The van der Waals surface area contributed by atoms with Crippen LogP contribution in [0.5, 0.6) is 0 Å². The van der Waals surface area contributed by atoms with Crippen LogP contribution in [0.25, 0.3) is 0 Å². The maximum Gasteiger partial charge on any atom is 0.206 e. The second kappa shape index (κ2) is 21.0. The molecule has 1 amide bonds. The zero-order valence-electron chi connectivity index (χ0n) is 15.2. The molecule has 1 aromatic rings. The number of halogens is 1. The van der Waals surface area contributed by atoms with Crippen LogP contribution in [0.1, 0.15) is 45.7 Å². The van der Waals surface area contributed by atoms with Crippen molar-refractivity contribution in [2.45, 2.75) is 47.3 Å². The SMILES string of the molecule is CC.CC.CC(=O)CSSCc1cccc(F)c1C.CNC=O. The minimum absolute atomic E-state index is 0.162. The van der Waals surface area contributed by atoms with Gasteiger partial charge in [0, 0.05) is 12.8 Å². The highest BCUT2D eigenvalue weighted by molar-refractivity contribution is 8.76. The van der Waals surface area contributed by atoms with Crippen molar-refractivity contribution in [1.82, 2.24) is 5.32 Å². The molecule has 1 rings (SSSR count). The second-order valence-corrected chi connectivity index (χ2v) is 6.12. The van der Waals surface area contributed by atoms with Gasteiger partial charge in [-0.15, -0.1) is 0 Å². The molecule has 0 saturated heterocycles. The lowest BCUT2D eigenvalue weighted by atomic mass is 10.1. The van der Waals surface area contributed by atoms with Crippen molar-refractivity contribution in [2.24, 2.45) is 0 Å². The van der Waals surface area contributed by atoms with Crippen molar-refractivity contribution in [1.29, 1.82) is 0 Å². The molecular weight excluding hydrogens is 333 g/mol. The van der Waals surface area contributed by atoms with Crippen molar-refractivity contribution in [3.05, 3.63) is 35.1 Å². The minimum Gasteiger partial charge on any atom is -0.362 e. The first-order chi connectivity index (χ1) is 11.0. The van der Waals surface area contributed by atoms with E-state index in [1.165, 1.54) is 16.9 Å². The highest BCUT2D eigenvalue weighted by atomic mass is 33.1. The Labute approximate surface area is 148 Å². The third kappa shape index (κ3) is 17.2. The average Bonchev–Trinajstić information content (AvgIpc) is 2.59. The maximum absolute atomic E-state index is 13.1. The van der Waals surface area contributed by atoms with Crippen molar-refractivity contribution in [3.8, 4) is 0 Å². The molecule has 0 saturated carbocycles. The zero-order chi connectivity index (χ0) is 18.7. The zero-order valence-corrected chi connectivity index (χ0v) is 16.9. The Hall–Kier alpha value is -1.01. The highest BCUT2D eigenvalue weighted by Crippen LogP contribution is 2.27. The van der Waals surface area contributed by atoms with E-state index in [9.17, 15) is 9.18 Å². The summed E-state index contributed by atoms with van der Waals surface area (Å²) in [5.74, 6) is 1.26. The molecule has 23 heavy (non-hydrogen) atoms. The molecule has 0 heterocycles. The van der Waals surface area contributed by atoms with Crippen LogP contribution in [-0.2, 0) is 15.3 Å². The summed E-state index contributed by atoms with van der Waals surface area (Å²) in [7, 11) is 4.66. The first-order valence-corrected chi connectivity index (χ1v) is 10.1. The third-order valence-corrected chi connectivity index (χ3v) is 4.38. The Morgan fingerprint density at radius 3 is 2.17 bits per heavy atom. The van der Waals surface area contributed by atoms with Crippen LogP contribution in [0.2, 0.25) is 0 Å². The molecule has 0 aliphatic rings. The summed E-state index contributed by atoms with van der Waals surface area (Å²) >= 11 is 0. The number of ketones is 1. The summed E-state index contributed by atoms with van der Waals surface area (Å²) in [4.78, 5) is 19.7. The van der Waals surface area contributed by atoms with E-state index in [2.05, 4.69) is 5.32 Å². The number of benzene rings is 1. The molecule has 0 aliphatic carbocycles. The molecule has 0 aromatic heterocycles. The molecule has 0 aliphatic heterocycles. The van der Waals surface area contributed by atoms with E-state index in [-0.39, 0.29) is 11.6 Å². The molecule has 0 fully saturated rings. The van der Waals surface area contributed by atoms with Gasteiger partial charge in [0.25, 0.3) is 0 Å². The Morgan fingerprint density at radius 1 is 1.22 bits per heavy atom. The number of hydrogen-bond acceptors (Lipinski definition) is 4. The molecule has 3 nitrogen and oxygen atoms in total. The summed E-state index contributed by atoms with van der Waals surface area (Å²) in [5, 5.41) is 2.25. The molecule has 6 heteroatoms. The van der Waals surface area contributed by atoms with E-state index in [4.69, 9.17) is 4.79 Å². The molecule has 0 radical (unpaired) electrons. The summed E-state index contributed by atoms with van der Waals surface area (Å²) in [6, 6.07) is 5.10. The van der Waals surface area contributed by atoms with Gasteiger partial charge in [-0.25, -0.2) is 4.39 Å². The van der Waals surface area contributed by atoms with Gasteiger partial charge in [0.05, 0.1) is 5.75 Å². The van der Waals surface area contributed by atoms with Crippen LogP contribution in [0, 0.1) is 12.7 Å². The van der Waals surface area contributed by atoms with Gasteiger partial charge < -0.3 is 5.32 Å². The Bertz CT molecular complexity index is 416. The largest absolute Gasteiger partial charge is 0.362 e. The highest BCUT2D eigenvalue weighted by Gasteiger charge is 2.03. The van der Waals surface area contributed by atoms with Gasteiger partial charge in [0.15, 0.2) is 0 Å². The number of nitrogens with one attached hydrogen (secondary N) is 1. The van der Waals surface area contributed by atoms with E-state index < -0.39 is 0 Å². The predicted molar refractivity (Wildman–Crippen MR) is 103 cm³/mol. The monoisotopic (exact) mass is 363 g/mol. The smallest absolute Gasteiger partial charge is 0.206 e. The number of Topliss-reactive ketones (excluding diaryl/α,β-unsaturated/α-hetero) is 1. The average molecular weight is 364 g/mol. The van der Waals surface area contributed by atoms with E-state index in [0.717, 1.165) is 11.3 Å². The molecule has 1 aromatic carbocycles. The van der Waals surface area contributed by atoms with Crippen LogP contribution < -0.4 is 5.32 Å². The predicted octanol–water partition coefficient (Wildman–Crippen LogP) is 5.02. The number of rotatable bonds is 6. The lowest BCUT2D eigenvalue weighted by Gasteiger charge is -2.05. The molecule has 0 spiro atoms. The molecular formula is C17H30FNO2S2. The first kappa shape index (κ1) is 26.9. The standard InChI is InChI=1S/C11H13FOS2.C2H5NO.2C2H6/c1-8(13)6-14-15-7-10-4-3-5-11(12)9(10)2;1-3-2-4;2*1-2/h3-5H,6-7H2,1-2H3;2H,1H3,(H,3,4);2*1-2H3. The lowest BCUT2D eigenvalue weighted by Crippen LogP contribution is -1.98. The fraction of sp³-hybridized carbons (Fsp3) is 0.529. The fourth-order valence-electron chi connectivity index (χ4n) is 1.04. The van der Waals surface area contributed by atoms with Crippen molar-refractivity contribution in [2.75, 3.05) is 12.8 Å². The van der Waals surface area contributed by atoms with Crippen molar-refractivity contribution >= 4 is 33.8 Å². The van der Waals surface area contributed by atoms with Crippen molar-refractivity contribution in [3.63, 3.8) is 0 Å². The Kier molecular flexibility index (Phi) is 24.5. The molecule has 0 bridgehead atoms. The molecule has 134 valence electrons. The van der Waals surface area contributed by atoms with Gasteiger partial charge in [0.2, 0.25) is 6.41 Å². The van der Waals surface area contributed by atoms with Gasteiger partial charge in [-0.2, -0.15) is 0 Å². The lowest BCUT2D eigenvalue weighted by molar-refractivity contribution is -0.114. The number of hydrogen-bond donors (Lipinski definition) is 1. The van der Waals surface area contributed by atoms with E-state index in [1.54, 1.807) is 37.8 Å². The number of carbonyl (C=O) groups excluding carboxylic acids is 2. The topological polar surface area (TPSA) is 46.2 Å². The van der Waals surface area contributed by atoms with Crippen molar-refractivity contribution < 1.29 is 14.0 Å². The number of carbonyl (C=O) groups is 2. The summed E-state index contributed by atoms with van der Waals surface area (Å²) in [5.41, 5.74) is 1.70. The van der Waals surface area contributed by atoms with Gasteiger partial charge in [-0.3, -0.25) is 9.59 Å². The minimum atomic E-state index is -0.162. The molecule has 0 unspecified atom stereocenters. The second-order valence-electron chi connectivity index (χ2n) is 3.66. The maximum atomic E-state index is 13.1. The summed E-state index contributed by atoms with van der Waals surface area (Å²) in [6.07, 6.45) is 0.625. The van der Waals surface area contributed by atoms with Gasteiger partial charge >= 0.3 is 0 Å². The number of amides is 1. The van der Waals surface area contributed by atoms with Gasteiger partial charge in [0.1, 0.15) is 11.6 Å². The van der Waals surface area contributed by atoms with Gasteiger partial charge in [-0.05, 0) is 31.0 Å². The first-order valence-electron chi connectivity index (χ1n) is 7.61. The van der Waals surface area contributed by atoms with Crippen LogP contribution in [0.4, 0.5) is 4.39 Å². The summed E-state index contributed by atoms with van der Waals surface area (Å²) in [6.45, 7) is 11.3. The van der Waals surface area contributed by atoms with Crippen LogP contribution >= 0.6 is 21.6 Å². The fourth-order valence-corrected chi connectivity index (χ4v) is 3.19. The van der Waals surface area contributed by atoms with E-state index in [0.29, 0.717) is 17.7 Å². The van der Waals surface area contributed by atoms with Crippen LogP contribution in [0.3, 0.4) is 0 Å². The van der Waals surface area contributed by atoms with E-state index >= 15 is 0 Å². The van der Waals surface area contributed by atoms with Gasteiger partial charge in [-0.1, -0.05) is 61.4 Å². The van der Waals surface area contributed by atoms with Crippen LogP contribution in [-0.4, -0.2) is 25.0 Å². The molecule has 0 atom stereocenters. The quantitative estimate of drug-likeness (QED) is 0.438.